The van der Waals surface area contributed by atoms with Gasteiger partial charge in [0.25, 0.3) is 5.69 Å². The Kier molecular flexibility index (Phi) is 9.27. The summed E-state index contributed by atoms with van der Waals surface area (Å²) in [6, 6.07) is 22.2. The molecule has 4 rings (SSSR count). The standard InChI is InChI=1S/C28H27Cl2N3O3S/c1-19(2)27-28(37-25-15-22(29)14-23(30)16-25)32(17-21-9-6-10-24(13-21)33(34)35)26(31-27)11-12-36-18-20-7-4-3-5-8-20/h3-10,13-16,19H,11-12,17-18H2,1-2H3. The average molecular weight is 557 g/mol. The summed E-state index contributed by atoms with van der Waals surface area (Å²) in [7, 11) is 0. The second-order valence-electron chi connectivity index (χ2n) is 8.88. The first-order chi connectivity index (χ1) is 17.8. The topological polar surface area (TPSA) is 70.2 Å². The van der Waals surface area contributed by atoms with Gasteiger partial charge in [0.05, 0.1) is 30.4 Å². The highest BCUT2D eigenvalue weighted by molar-refractivity contribution is 7.99. The lowest BCUT2D eigenvalue weighted by atomic mass is 10.1. The zero-order valence-electron chi connectivity index (χ0n) is 20.6. The summed E-state index contributed by atoms with van der Waals surface area (Å²) in [5, 5.41) is 13.4. The van der Waals surface area contributed by atoms with Gasteiger partial charge in [0.1, 0.15) is 10.9 Å². The molecule has 192 valence electrons. The van der Waals surface area contributed by atoms with Crippen LogP contribution >= 0.6 is 35.0 Å². The normalized spacial score (nSPS) is 11.3. The second-order valence-corrected chi connectivity index (χ2v) is 10.8. The number of rotatable bonds is 11. The van der Waals surface area contributed by atoms with Crippen LogP contribution in [0.2, 0.25) is 10.0 Å². The van der Waals surface area contributed by atoms with Gasteiger partial charge in [0, 0.05) is 33.5 Å². The SMILES string of the molecule is CC(C)c1nc(CCOCc2ccccc2)n(Cc2cccc([N+](=O)[O-])c2)c1Sc1cc(Cl)cc(Cl)c1. The van der Waals surface area contributed by atoms with Gasteiger partial charge in [0.2, 0.25) is 0 Å². The molecular weight excluding hydrogens is 529 g/mol. The van der Waals surface area contributed by atoms with E-state index in [4.69, 9.17) is 32.9 Å². The summed E-state index contributed by atoms with van der Waals surface area (Å²) in [4.78, 5) is 16.9. The number of nitro benzene ring substituents is 1. The molecule has 9 heteroatoms. The molecule has 0 amide bonds. The maximum Gasteiger partial charge on any atom is 0.269 e. The number of hydrogen-bond acceptors (Lipinski definition) is 5. The third-order valence-corrected chi connectivity index (χ3v) is 7.20. The van der Waals surface area contributed by atoms with Crippen LogP contribution in [0.4, 0.5) is 5.69 Å². The van der Waals surface area contributed by atoms with Crippen LogP contribution in [0.3, 0.4) is 0 Å². The van der Waals surface area contributed by atoms with Crippen molar-refractivity contribution in [3.05, 3.63) is 116 Å². The fourth-order valence-corrected chi connectivity index (χ4v) is 5.83. The Morgan fingerprint density at radius 3 is 2.38 bits per heavy atom. The van der Waals surface area contributed by atoms with Gasteiger partial charge in [-0.2, -0.15) is 0 Å². The van der Waals surface area contributed by atoms with E-state index in [-0.39, 0.29) is 16.5 Å². The van der Waals surface area contributed by atoms with E-state index in [1.807, 2.05) is 48.5 Å². The molecule has 6 nitrogen and oxygen atoms in total. The van der Waals surface area contributed by atoms with Gasteiger partial charge in [0.15, 0.2) is 0 Å². The van der Waals surface area contributed by atoms with E-state index in [1.165, 1.54) is 6.07 Å². The van der Waals surface area contributed by atoms with Crippen LogP contribution < -0.4 is 0 Å². The summed E-state index contributed by atoms with van der Waals surface area (Å²) < 4.78 is 8.08. The molecule has 0 aliphatic rings. The van der Waals surface area contributed by atoms with Crippen LogP contribution in [0.25, 0.3) is 0 Å². The molecule has 4 aromatic rings. The van der Waals surface area contributed by atoms with Gasteiger partial charge in [-0.1, -0.05) is 91.3 Å². The Hall–Kier alpha value is -2.84. The van der Waals surface area contributed by atoms with Crippen molar-refractivity contribution < 1.29 is 9.66 Å². The summed E-state index contributed by atoms with van der Waals surface area (Å²) >= 11 is 14.1. The van der Waals surface area contributed by atoms with Gasteiger partial charge in [-0.05, 0) is 35.2 Å². The van der Waals surface area contributed by atoms with Gasteiger partial charge in [-0.25, -0.2) is 4.98 Å². The smallest absolute Gasteiger partial charge is 0.269 e. The largest absolute Gasteiger partial charge is 0.376 e. The van der Waals surface area contributed by atoms with E-state index in [9.17, 15) is 10.1 Å². The first-order valence-corrected chi connectivity index (χ1v) is 13.5. The van der Waals surface area contributed by atoms with E-state index < -0.39 is 0 Å². The highest BCUT2D eigenvalue weighted by atomic mass is 35.5. The van der Waals surface area contributed by atoms with E-state index in [2.05, 4.69) is 18.4 Å². The molecule has 0 saturated carbocycles. The van der Waals surface area contributed by atoms with Crippen LogP contribution in [0.5, 0.6) is 0 Å². The number of hydrogen-bond donors (Lipinski definition) is 0. The van der Waals surface area contributed by atoms with Crippen LogP contribution in [0.1, 0.15) is 42.4 Å². The maximum atomic E-state index is 11.4. The van der Waals surface area contributed by atoms with E-state index in [1.54, 1.807) is 30.0 Å². The predicted octanol–water partition coefficient (Wildman–Crippen LogP) is 8.18. The van der Waals surface area contributed by atoms with Crippen LogP contribution in [-0.2, 0) is 24.3 Å². The molecule has 0 bridgehead atoms. The molecule has 1 heterocycles. The van der Waals surface area contributed by atoms with Crippen LogP contribution in [-0.4, -0.2) is 21.1 Å². The quantitative estimate of drug-likeness (QED) is 0.106. The number of non-ortho nitro benzene ring substituents is 1. The Morgan fingerprint density at radius 1 is 1.00 bits per heavy atom. The third-order valence-electron chi connectivity index (χ3n) is 5.67. The number of nitro groups is 1. The van der Waals surface area contributed by atoms with Gasteiger partial charge < -0.3 is 9.30 Å². The minimum Gasteiger partial charge on any atom is -0.376 e. The zero-order chi connectivity index (χ0) is 26.4. The van der Waals surface area contributed by atoms with Crippen molar-refractivity contribution in [2.75, 3.05) is 6.61 Å². The Balaban J connectivity index is 1.67. The summed E-state index contributed by atoms with van der Waals surface area (Å²) in [6.45, 7) is 5.65. The first kappa shape index (κ1) is 27.2. The molecule has 0 unspecified atom stereocenters. The van der Waals surface area contributed by atoms with Crippen LogP contribution in [0.15, 0.2) is 82.7 Å². The lowest BCUT2D eigenvalue weighted by molar-refractivity contribution is -0.384. The molecule has 0 aliphatic heterocycles. The number of nitrogens with zero attached hydrogens (tertiary/aromatic N) is 3. The van der Waals surface area contributed by atoms with Crippen molar-refractivity contribution in [1.29, 1.82) is 0 Å². The summed E-state index contributed by atoms with van der Waals surface area (Å²) in [5.41, 5.74) is 2.94. The highest BCUT2D eigenvalue weighted by Crippen LogP contribution is 2.37. The number of benzene rings is 3. The molecule has 37 heavy (non-hydrogen) atoms. The van der Waals surface area contributed by atoms with Gasteiger partial charge in [-0.15, -0.1) is 0 Å². The fourth-order valence-electron chi connectivity index (χ4n) is 3.92. The Bertz CT molecular complexity index is 1360. The minimum absolute atomic E-state index is 0.0604. The van der Waals surface area contributed by atoms with Crippen molar-refractivity contribution in [3.8, 4) is 0 Å². The van der Waals surface area contributed by atoms with Crippen molar-refractivity contribution in [3.63, 3.8) is 0 Å². The Morgan fingerprint density at radius 2 is 1.70 bits per heavy atom. The van der Waals surface area contributed by atoms with E-state index in [0.29, 0.717) is 36.2 Å². The third kappa shape index (κ3) is 7.36. The molecule has 0 aliphatic carbocycles. The minimum atomic E-state index is -0.376. The fraction of sp³-hybridized carbons (Fsp3) is 0.250. The number of ether oxygens (including phenoxy) is 1. The summed E-state index contributed by atoms with van der Waals surface area (Å²) in [5.74, 6) is 1.02. The van der Waals surface area contributed by atoms with Gasteiger partial charge in [-0.3, -0.25) is 10.1 Å². The maximum absolute atomic E-state index is 11.4. The van der Waals surface area contributed by atoms with E-state index >= 15 is 0 Å². The zero-order valence-corrected chi connectivity index (χ0v) is 22.9. The molecule has 0 fully saturated rings. The number of halogens is 2. The molecule has 3 aromatic carbocycles. The second kappa shape index (κ2) is 12.6. The van der Waals surface area contributed by atoms with Crippen molar-refractivity contribution >= 4 is 40.7 Å². The monoisotopic (exact) mass is 555 g/mol. The molecular formula is C28H27Cl2N3O3S. The van der Waals surface area contributed by atoms with Crippen molar-refractivity contribution in [2.45, 2.75) is 49.3 Å². The molecule has 0 spiro atoms. The van der Waals surface area contributed by atoms with Crippen LogP contribution in [0, 0.1) is 10.1 Å². The van der Waals surface area contributed by atoms with Crippen molar-refractivity contribution in [1.82, 2.24) is 9.55 Å². The summed E-state index contributed by atoms with van der Waals surface area (Å²) in [6.07, 6.45) is 0.596. The highest BCUT2D eigenvalue weighted by Gasteiger charge is 2.21. The molecule has 1 aromatic heterocycles. The van der Waals surface area contributed by atoms with Crippen molar-refractivity contribution in [2.24, 2.45) is 0 Å². The first-order valence-electron chi connectivity index (χ1n) is 11.9. The van der Waals surface area contributed by atoms with Gasteiger partial charge >= 0.3 is 0 Å². The molecule has 0 N–H and O–H groups in total. The average Bonchev–Trinajstić information content (AvgIpc) is 3.19. The number of imidazole rings is 1. The van der Waals surface area contributed by atoms with E-state index in [0.717, 1.165) is 32.6 Å². The Labute approximate surface area is 230 Å². The molecule has 0 radical (unpaired) electrons. The molecule has 0 atom stereocenters. The molecule has 0 saturated heterocycles. The number of aromatic nitrogens is 2. The lowest BCUT2D eigenvalue weighted by Gasteiger charge is -2.14. The lowest BCUT2D eigenvalue weighted by Crippen LogP contribution is -2.10. The predicted molar refractivity (Wildman–Crippen MR) is 149 cm³/mol.